The minimum Gasteiger partial charge on any atom is -0.435 e. The summed E-state index contributed by atoms with van der Waals surface area (Å²) in [5.74, 6) is -0.516. The molecule has 0 radical (unpaired) electrons. The molecule has 0 spiro atoms. The molecule has 0 aromatic heterocycles. The Morgan fingerprint density at radius 2 is 2.00 bits per heavy atom. The fraction of sp³-hybridized carbons (Fsp3) is 0.250. The molecular weight excluding hydrogens is 176 g/mol. The lowest BCUT2D eigenvalue weighted by molar-refractivity contribution is -0.139. The van der Waals surface area contributed by atoms with Gasteiger partial charge in [-0.2, -0.15) is 0 Å². The molecule has 1 rings (SSSR count). The average molecular weight is 190 g/mol. The van der Waals surface area contributed by atoms with Crippen LogP contribution in [0.1, 0.15) is 24.0 Å². The molecule has 0 aliphatic carbocycles. The van der Waals surface area contributed by atoms with E-state index in [4.69, 9.17) is 4.74 Å². The predicted molar refractivity (Wildman–Crippen MR) is 55.9 cm³/mol. The molecular formula is C12H14O2. The topological polar surface area (TPSA) is 26.3 Å². The number of aryl methyl sites for hydroxylation is 1. The Morgan fingerprint density at radius 3 is 2.50 bits per heavy atom. The van der Waals surface area contributed by atoms with Crippen LogP contribution in [0, 0.1) is 6.92 Å². The van der Waals surface area contributed by atoms with Gasteiger partial charge in [-0.1, -0.05) is 36.4 Å². The van der Waals surface area contributed by atoms with Crippen LogP contribution in [0.15, 0.2) is 37.1 Å². The van der Waals surface area contributed by atoms with E-state index in [2.05, 4.69) is 6.58 Å². The Morgan fingerprint density at radius 1 is 1.43 bits per heavy atom. The van der Waals surface area contributed by atoms with Gasteiger partial charge in [-0.25, -0.2) is 0 Å². The molecule has 1 aromatic carbocycles. The normalized spacial score (nSPS) is 11.9. The van der Waals surface area contributed by atoms with Gasteiger partial charge in [-0.05, 0) is 19.4 Å². The van der Waals surface area contributed by atoms with Gasteiger partial charge in [0.05, 0.1) is 12.2 Å². The van der Waals surface area contributed by atoms with E-state index in [1.807, 2.05) is 38.1 Å². The van der Waals surface area contributed by atoms with E-state index < -0.39 is 0 Å². The molecule has 1 aromatic rings. The summed E-state index contributed by atoms with van der Waals surface area (Å²) < 4.78 is 4.71. The molecule has 2 heteroatoms. The van der Waals surface area contributed by atoms with Gasteiger partial charge in [0.2, 0.25) is 0 Å². The van der Waals surface area contributed by atoms with Crippen LogP contribution in [-0.2, 0) is 9.53 Å². The van der Waals surface area contributed by atoms with Crippen LogP contribution in [0.25, 0.3) is 0 Å². The second kappa shape index (κ2) is 4.61. The number of ether oxygens (including phenoxy) is 1. The van der Waals surface area contributed by atoms with E-state index in [-0.39, 0.29) is 11.9 Å². The minimum atomic E-state index is -0.274. The third-order valence-corrected chi connectivity index (χ3v) is 2.13. The van der Waals surface area contributed by atoms with E-state index in [0.717, 1.165) is 11.8 Å². The standard InChI is InChI=1S/C12H14O2/c1-4-14-12(13)10(3)11-7-5-9(2)6-8-11/h4-8,10H,1H2,2-3H3. The highest BCUT2D eigenvalue weighted by molar-refractivity contribution is 5.78. The summed E-state index contributed by atoms with van der Waals surface area (Å²) in [6.07, 6.45) is 1.16. The summed E-state index contributed by atoms with van der Waals surface area (Å²) in [4.78, 5) is 11.3. The zero-order chi connectivity index (χ0) is 10.6. The smallest absolute Gasteiger partial charge is 0.317 e. The molecule has 1 atom stereocenters. The SMILES string of the molecule is C=COC(=O)C(C)c1ccc(C)cc1. The van der Waals surface area contributed by atoms with Crippen molar-refractivity contribution < 1.29 is 9.53 Å². The second-order valence-electron chi connectivity index (χ2n) is 3.24. The molecule has 0 fully saturated rings. The highest BCUT2D eigenvalue weighted by atomic mass is 16.5. The molecule has 0 N–H and O–H groups in total. The second-order valence-corrected chi connectivity index (χ2v) is 3.24. The third kappa shape index (κ3) is 2.46. The molecule has 0 heterocycles. The van der Waals surface area contributed by atoms with Crippen molar-refractivity contribution in [3.05, 3.63) is 48.2 Å². The van der Waals surface area contributed by atoms with Crippen LogP contribution in [0.4, 0.5) is 0 Å². The third-order valence-electron chi connectivity index (χ3n) is 2.13. The molecule has 1 unspecified atom stereocenters. The summed E-state index contributed by atoms with van der Waals surface area (Å²) in [7, 11) is 0. The first-order valence-electron chi connectivity index (χ1n) is 4.53. The fourth-order valence-corrected chi connectivity index (χ4v) is 1.18. The van der Waals surface area contributed by atoms with Gasteiger partial charge in [0.15, 0.2) is 0 Å². The highest BCUT2D eigenvalue weighted by Crippen LogP contribution is 2.17. The maximum Gasteiger partial charge on any atom is 0.317 e. The molecule has 2 nitrogen and oxygen atoms in total. The first-order chi connectivity index (χ1) is 6.65. The number of esters is 1. The van der Waals surface area contributed by atoms with Gasteiger partial charge >= 0.3 is 5.97 Å². The maximum absolute atomic E-state index is 11.3. The number of hydrogen-bond acceptors (Lipinski definition) is 2. The maximum atomic E-state index is 11.3. The monoisotopic (exact) mass is 190 g/mol. The first kappa shape index (κ1) is 10.5. The Kier molecular flexibility index (Phi) is 3.46. The number of benzene rings is 1. The largest absolute Gasteiger partial charge is 0.435 e. The summed E-state index contributed by atoms with van der Waals surface area (Å²) in [5, 5.41) is 0. The van der Waals surface area contributed by atoms with Crippen molar-refractivity contribution >= 4 is 5.97 Å². The number of hydrogen-bond donors (Lipinski definition) is 0. The van der Waals surface area contributed by atoms with Crippen molar-refractivity contribution in [3.63, 3.8) is 0 Å². The van der Waals surface area contributed by atoms with Gasteiger partial charge in [0.25, 0.3) is 0 Å². The first-order valence-corrected chi connectivity index (χ1v) is 4.53. The van der Waals surface area contributed by atoms with E-state index >= 15 is 0 Å². The van der Waals surface area contributed by atoms with Crippen LogP contribution in [0.3, 0.4) is 0 Å². The molecule has 0 aliphatic rings. The molecule has 0 saturated heterocycles. The Labute approximate surface area is 84.2 Å². The number of rotatable bonds is 3. The Hall–Kier alpha value is -1.57. The van der Waals surface area contributed by atoms with Gasteiger partial charge in [0, 0.05) is 0 Å². The summed E-state index contributed by atoms with van der Waals surface area (Å²) >= 11 is 0. The quantitative estimate of drug-likeness (QED) is 0.541. The van der Waals surface area contributed by atoms with E-state index in [1.54, 1.807) is 0 Å². The Balaban J connectivity index is 2.78. The zero-order valence-electron chi connectivity index (χ0n) is 8.49. The van der Waals surface area contributed by atoms with Crippen molar-refractivity contribution in [2.75, 3.05) is 0 Å². The van der Waals surface area contributed by atoms with E-state index in [9.17, 15) is 4.79 Å². The van der Waals surface area contributed by atoms with Gasteiger partial charge in [-0.15, -0.1) is 0 Å². The van der Waals surface area contributed by atoms with Crippen molar-refractivity contribution in [3.8, 4) is 0 Å². The Bertz CT molecular complexity index is 325. The van der Waals surface area contributed by atoms with Gasteiger partial charge in [0.1, 0.15) is 0 Å². The van der Waals surface area contributed by atoms with Crippen LogP contribution in [0.2, 0.25) is 0 Å². The summed E-state index contributed by atoms with van der Waals surface area (Å²) in [6, 6.07) is 7.83. The summed E-state index contributed by atoms with van der Waals surface area (Å²) in [6.45, 7) is 7.17. The number of carbonyl (C=O) groups excluding carboxylic acids is 1. The predicted octanol–water partition coefficient (Wildman–Crippen LogP) is 2.79. The molecule has 0 amide bonds. The van der Waals surface area contributed by atoms with Crippen molar-refractivity contribution in [2.45, 2.75) is 19.8 Å². The zero-order valence-corrected chi connectivity index (χ0v) is 8.49. The van der Waals surface area contributed by atoms with E-state index in [0.29, 0.717) is 0 Å². The van der Waals surface area contributed by atoms with Crippen LogP contribution in [0.5, 0.6) is 0 Å². The van der Waals surface area contributed by atoms with Crippen molar-refractivity contribution in [1.82, 2.24) is 0 Å². The number of carbonyl (C=O) groups is 1. The molecule has 0 saturated carbocycles. The van der Waals surface area contributed by atoms with Crippen molar-refractivity contribution in [2.24, 2.45) is 0 Å². The lowest BCUT2D eigenvalue weighted by Crippen LogP contribution is -2.09. The van der Waals surface area contributed by atoms with Gasteiger partial charge < -0.3 is 4.74 Å². The minimum absolute atomic E-state index is 0.242. The molecule has 14 heavy (non-hydrogen) atoms. The van der Waals surface area contributed by atoms with Crippen LogP contribution < -0.4 is 0 Å². The molecule has 0 aliphatic heterocycles. The lowest BCUT2D eigenvalue weighted by atomic mass is 10.0. The van der Waals surface area contributed by atoms with Crippen molar-refractivity contribution in [1.29, 1.82) is 0 Å². The van der Waals surface area contributed by atoms with E-state index in [1.165, 1.54) is 5.56 Å². The lowest BCUT2D eigenvalue weighted by Gasteiger charge is -2.09. The molecule has 0 bridgehead atoms. The fourth-order valence-electron chi connectivity index (χ4n) is 1.18. The van der Waals surface area contributed by atoms with Crippen LogP contribution >= 0.6 is 0 Å². The average Bonchev–Trinajstić information content (AvgIpc) is 2.18. The highest BCUT2D eigenvalue weighted by Gasteiger charge is 2.15. The van der Waals surface area contributed by atoms with Crippen LogP contribution in [-0.4, -0.2) is 5.97 Å². The summed E-state index contributed by atoms with van der Waals surface area (Å²) in [5.41, 5.74) is 2.14. The molecule has 74 valence electrons. The van der Waals surface area contributed by atoms with Gasteiger partial charge in [-0.3, -0.25) is 4.79 Å².